The maximum atomic E-state index is 12.7. The average Bonchev–Trinajstić information content (AvgIpc) is 3.30. The Labute approximate surface area is 171 Å². The standard InChI is InChI=1S/C22H29N5O2/c1-15-11-24-27(12-15)19-9-16-13-26(22(28)25-18-5-4-6-18)14-17(16)10-20(19)29-21-7-2-3-8-23-21/h2-3,7-8,11-12,16-20H,4-6,9-10,13-14H2,1H3,(H,25,28)/t16-,17+,19-,20-/m0/s1. The molecule has 1 saturated heterocycles. The molecule has 4 atom stereocenters. The van der Waals surface area contributed by atoms with E-state index in [0.717, 1.165) is 44.3 Å². The van der Waals surface area contributed by atoms with Crippen molar-refractivity contribution in [2.75, 3.05) is 13.1 Å². The largest absolute Gasteiger partial charge is 0.472 e. The van der Waals surface area contributed by atoms with Crippen LogP contribution >= 0.6 is 0 Å². The van der Waals surface area contributed by atoms with E-state index in [0.29, 0.717) is 23.8 Å². The van der Waals surface area contributed by atoms with Crippen molar-refractivity contribution in [3.63, 3.8) is 0 Å². The Bertz CT molecular complexity index is 850. The molecule has 0 spiro atoms. The number of nitrogens with one attached hydrogen (secondary N) is 1. The highest BCUT2D eigenvalue weighted by atomic mass is 16.5. The number of aryl methyl sites for hydroxylation is 1. The Kier molecular flexibility index (Phi) is 4.89. The molecule has 2 aliphatic carbocycles. The molecule has 0 radical (unpaired) electrons. The fourth-order valence-corrected chi connectivity index (χ4v) is 4.97. The number of likely N-dealkylation sites (tertiary alicyclic amines) is 1. The highest BCUT2D eigenvalue weighted by Crippen LogP contribution is 2.42. The van der Waals surface area contributed by atoms with Crippen molar-refractivity contribution in [2.45, 2.75) is 57.2 Å². The first-order valence-electron chi connectivity index (χ1n) is 10.8. The molecular weight excluding hydrogens is 366 g/mol. The molecular formula is C22H29N5O2. The molecule has 1 N–H and O–H groups in total. The molecule has 1 aliphatic heterocycles. The molecule has 29 heavy (non-hydrogen) atoms. The van der Waals surface area contributed by atoms with Crippen LogP contribution in [0.2, 0.25) is 0 Å². The predicted molar refractivity (Wildman–Crippen MR) is 109 cm³/mol. The van der Waals surface area contributed by atoms with Gasteiger partial charge in [0.15, 0.2) is 0 Å². The third-order valence-corrected chi connectivity index (χ3v) is 6.79. The predicted octanol–water partition coefficient (Wildman–Crippen LogP) is 3.18. The molecule has 3 aliphatic rings. The third-order valence-electron chi connectivity index (χ3n) is 6.79. The van der Waals surface area contributed by atoms with Crippen LogP contribution in [0, 0.1) is 18.8 Å². The van der Waals surface area contributed by atoms with Crippen molar-refractivity contribution in [1.82, 2.24) is 25.0 Å². The van der Waals surface area contributed by atoms with E-state index in [2.05, 4.69) is 33.2 Å². The van der Waals surface area contributed by atoms with E-state index >= 15 is 0 Å². The van der Waals surface area contributed by atoms with Crippen molar-refractivity contribution in [2.24, 2.45) is 11.8 Å². The Morgan fingerprint density at radius 3 is 2.69 bits per heavy atom. The lowest BCUT2D eigenvalue weighted by atomic mass is 9.77. The zero-order valence-electron chi connectivity index (χ0n) is 16.9. The summed E-state index contributed by atoms with van der Waals surface area (Å²) in [6.45, 7) is 3.71. The number of pyridine rings is 1. The van der Waals surface area contributed by atoms with E-state index in [1.807, 2.05) is 29.3 Å². The van der Waals surface area contributed by atoms with Crippen LogP contribution in [0.3, 0.4) is 0 Å². The van der Waals surface area contributed by atoms with Crippen molar-refractivity contribution in [1.29, 1.82) is 0 Å². The van der Waals surface area contributed by atoms with Crippen LogP contribution in [0.4, 0.5) is 4.79 Å². The normalized spacial score (nSPS) is 29.2. The van der Waals surface area contributed by atoms with Crippen LogP contribution < -0.4 is 10.1 Å². The minimum Gasteiger partial charge on any atom is -0.472 e. The second-order valence-electron chi connectivity index (χ2n) is 8.86. The molecule has 2 amide bonds. The van der Waals surface area contributed by atoms with Gasteiger partial charge < -0.3 is 15.0 Å². The zero-order valence-corrected chi connectivity index (χ0v) is 16.9. The molecule has 7 nitrogen and oxygen atoms in total. The van der Waals surface area contributed by atoms with E-state index in [-0.39, 0.29) is 18.2 Å². The lowest BCUT2D eigenvalue weighted by molar-refractivity contribution is 0.0459. The average molecular weight is 396 g/mol. The van der Waals surface area contributed by atoms with Gasteiger partial charge in [-0.05, 0) is 62.5 Å². The second-order valence-corrected chi connectivity index (χ2v) is 8.86. The topological polar surface area (TPSA) is 72.3 Å². The smallest absolute Gasteiger partial charge is 0.317 e. The number of carbonyl (C=O) groups excluding carboxylic acids is 1. The van der Waals surface area contributed by atoms with Crippen LogP contribution in [0.5, 0.6) is 5.88 Å². The van der Waals surface area contributed by atoms with Crippen LogP contribution in [-0.4, -0.2) is 50.9 Å². The summed E-state index contributed by atoms with van der Waals surface area (Å²) in [7, 11) is 0. The summed E-state index contributed by atoms with van der Waals surface area (Å²) in [5.74, 6) is 1.60. The highest BCUT2D eigenvalue weighted by Gasteiger charge is 2.45. The zero-order chi connectivity index (χ0) is 19.8. The van der Waals surface area contributed by atoms with Crippen molar-refractivity contribution < 1.29 is 9.53 Å². The number of fused-ring (bicyclic) bond motifs is 1. The number of nitrogens with zero attached hydrogens (tertiary/aromatic N) is 4. The lowest BCUT2D eigenvalue weighted by Gasteiger charge is -2.37. The number of rotatable bonds is 4. The molecule has 3 fully saturated rings. The Morgan fingerprint density at radius 1 is 1.21 bits per heavy atom. The van der Waals surface area contributed by atoms with E-state index in [9.17, 15) is 4.79 Å². The molecule has 0 bridgehead atoms. The van der Waals surface area contributed by atoms with E-state index in [1.54, 1.807) is 6.20 Å². The molecule has 0 aromatic carbocycles. The van der Waals surface area contributed by atoms with E-state index < -0.39 is 0 Å². The molecule has 2 aromatic heterocycles. The number of amides is 2. The maximum Gasteiger partial charge on any atom is 0.317 e. The van der Waals surface area contributed by atoms with Gasteiger partial charge in [0.05, 0.1) is 12.2 Å². The monoisotopic (exact) mass is 395 g/mol. The van der Waals surface area contributed by atoms with Gasteiger partial charge in [-0.15, -0.1) is 0 Å². The Hall–Kier alpha value is -2.57. The molecule has 2 saturated carbocycles. The van der Waals surface area contributed by atoms with Crippen LogP contribution in [-0.2, 0) is 0 Å². The summed E-state index contributed by atoms with van der Waals surface area (Å²) in [4.78, 5) is 19.0. The fourth-order valence-electron chi connectivity index (χ4n) is 4.97. The molecule has 2 aromatic rings. The first-order valence-corrected chi connectivity index (χ1v) is 10.8. The van der Waals surface area contributed by atoms with E-state index in [1.165, 1.54) is 6.42 Å². The second kappa shape index (κ2) is 7.69. The fraction of sp³-hybridized carbons (Fsp3) is 0.591. The molecule has 5 rings (SSSR count). The van der Waals surface area contributed by atoms with Crippen LogP contribution in [0.15, 0.2) is 36.8 Å². The molecule has 154 valence electrons. The highest BCUT2D eigenvalue weighted by molar-refractivity contribution is 5.75. The summed E-state index contributed by atoms with van der Waals surface area (Å²) < 4.78 is 8.39. The summed E-state index contributed by atoms with van der Waals surface area (Å²) in [5, 5.41) is 7.77. The Balaban J connectivity index is 1.32. The number of urea groups is 1. The summed E-state index contributed by atoms with van der Waals surface area (Å²) in [6, 6.07) is 6.39. The van der Waals surface area contributed by atoms with Gasteiger partial charge in [0.25, 0.3) is 0 Å². The van der Waals surface area contributed by atoms with Crippen molar-refractivity contribution in [3.8, 4) is 5.88 Å². The summed E-state index contributed by atoms with van der Waals surface area (Å²) in [6.07, 6.45) is 11.1. The molecule has 0 unspecified atom stereocenters. The lowest BCUT2D eigenvalue weighted by Crippen LogP contribution is -2.46. The van der Waals surface area contributed by atoms with Crippen molar-refractivity contribution >= 4 is 6.03 Å². The van der Waals surface area contributed by atoms with Crippen molar-refractivity contribution in [3.05, 3.63) is 42.4 Å². The van der Waals surface area contributed by atoms with E-state index in [4.69, 9.17) is 4.74 Å². The van der Waals surface area contributed by atoms with Crippen LogP contribution in [0.25, 0.3) is 0 Å². The number of hydrogen-bond acceptors (Lipinski definition) is 4. The summed E-state index contributed by atoms with van der Waals surface area (Å²) in [5.41, 5.74) is 1.15. The summed E-state index contributed by atoms with van der Waals surface area (Å²) >= 11 is 0. The first-order chi connectivity index (χ1) is 14.2. The third kappa shape index (κ3) is 3.82. The minimum absolute atomic E-state index is 0.0000864. The van der Waals surface area contributed by atoms with Gasteiger partial charge in [-0.25, -0.2) is 9.78 Å². The quantitative estimate of drug-likeness (QED) is 0.863. The number of aromatic nitrogens is 3. The van der Waals surface area contributed by atoms with Gasteiger partial charge in [-0.3, -0.25) is 4.68 Å². The van der Waals surface area contributed by atoms with Gasteiger partial charge in [0, 0.05) is 37.6 Å². The first kappa shape index (κ1) is 18.5. The van der Waals surface area contributed by atoms with Crippen LogP contribution in [0.1, 0.15) is 43.7 Å². The van der Waals surface area contributed by atoms with Gasteiger partial charge >= 0.3 is 6.03 Å². The van der Waals surface area contributed by atoms with Gasteiger partial charge in [0.1, 0.15) is 6.10 Å². The van der Waals surface area contributed by atoms with Gasteiger partial charge in [-0.1, -0.05) is 6.07 Å². The van der Waals surface area contributed by atoms with Gasteiger partial charge in [0.2, 0.25) is 5.88 Å². The molecule has 3 heterocycles. The molecule has 7 heteroatoms. The SMILES string of the molecule is Cc1cnn([C@H]2C[C@H]3CN(C(=O)NC4CCC4)C[C@H]3C[C@@H]2Oc2ccccn2)c1. The number of hydrogen-bond donors (Lipinski definition) is 1. The Morgan fingerprint density at radius 2 is 2.03 bits per heavy atom. The number of carbonyl (C=O) groups is 1. The minimum atomic E-state index is 0.0000864. The number of ether oxygens (including phenoxy) is 1. The van der Waals surface area contributed by atoms with Gasteiger partial charge in [-0.2, -0.15) is 5.10 Å². The maximum absolute atomic E-state index is 12.7.